The lowest BCUT2D eigenvalue weighted by atomic mass is 9.78. The number of aliphatic hydroxyl groups is 12. The van der Waals surface area contributed by atoms with Crippen molar-refractivity contribution in [3.05, 3.63) is 0 Å². The molecule has 13 unspecified atom stereocenters. The minimum absolute atomic E-state index is 0.0466. The van der Waals surface area contributed by atoms with Gasteiger partial charge in [-0.2, -0.15) is 0 Å². The number of methoxy groups -OCH3 is 1. The molecule has 0 spiro atoms. The zero-order valence-electron chi connectivity index (χ0n) is 25.6. The number of ether oxygens (including phenoxy) is 6. The fourth-order valence-corrected chi connectivity index (χ4v) is 6.81. The van der Waals surface area contributed by atoms with Crippen LogP contribution >= 0.6 is 0 Å². The Morgan fingerprint density at radius 1 is 0.543 bits per heavy atom. The smallest absolute Gasteiger partial charge is 0.186 e. The molecule has 20 atom stereocenters. The van der Waals surface area contributed by atoms with Crippen molar-refractivity contribution in [2.24, 2.45) is 11.8 Å². The van der Waals surface area contributed by atoms with E-state index in [1.165, 1.54) is 14.0 Å². The van der Waals surface area contributed by atoms with Crippen LogP contribution in [0.25, 0.3) is 0 Å². The van der Waals surface area contributed by atoms with Crippen molar-refractivity contribution in [1.82, 2.24) is 0 Å². The molecule has 0 aromatic heterocycles. The summed E-state index contributed by atoms with van der Waals surface area (Å²) >= 11 is 0. The quantitative estimate of drug-likeness (QED) is 0.0969. The van der Waals surface area contributed by atoms with Gasteiger partial charge in [0.1, 0.15) is 73.2 Å². The molecule has 270 valence electrons. The van der Waals surface area contributed by atoms with Crippen LogP contribution in [0.15, 0.2) is 0 Å². The van der Waals surface area contributed by atoms with Gasteiger partial charge in [-0.15, -0.1) is 0 Å². The third-order valence-corrected chi connectivity index (χ3v) is 9.75. The molecule has 0 bridgehead atoms. The summed E-state index contributed by atoms with van der Waals surface area (Å²) in [5.41, 5.74) is 0. The lowest BCUT2D eigenvalue weighted by Gasteiger charge is -2.49. The van der Waals surface area contributed by atoms with Crippen LogP contribution in [0.3, 0.4) is 0 Å². The molecule has 18 heteroatoms. The predicted molar refractivity (Wildman–Crippen MR) is 149 cm³/mol. The molecule has 2 aliphatic heterocycles. The van der Waals surface area contributed by atoms with Gasteiger partial charge in [0, 0.05) is 32.2 Å². The number of rotatable bonds is 11. The minimum Gasteiger partial charge on any atom is -0.396 e. The van der Waals surface area contributed by atoms with Gasteiger partial charge in [0.2, 0.25) is 0 Å². The summed E-state index contributed by atoms with van der Waals surface area (Å²) in [5, 5.41) is 125. The maximum Gasteiger partial charge on any atom is 0.186 e. The standard InChI is InChI=1S/C28H50O18/c1-9-16(32)26(22(38)15(43-9)8-42-28-24(40)23(39)19(35)14(7-31)46-28)44-13-4-11(6-30)18(34)27(21(13)37)45-12-3-10(5-29)17(33)25(41-2)20(12)36/h9-40H,3-8H2,1-2H3/t9?,10?,11?,12-,13-,14?,15?,16?,17-,18-,19-,20?,21?,22-,23?,24?,25?,26?,27?,28-/m1/s1. The Labute approximate surface area is 265 Å². The summed E-state index contributed by atoms with van der Waals surface area (Å²) < 4.78 is 33.7. The Morgan fingerprint density at radius 3 is 1.59 bits per heavy atom. The Hall–Kier alpha value is -0.720. The second kappa shape index (κ2) is 16.3. The van der Waals surface area contributed by atoms with Crippen LogP contribution in [0.5, 0.6) is 0 Å². The largest absolute Gasteiger partial charge is 0.396 e. The summed E-state index contributed by atoms with van der Waals surface area (Å²) in [6, 6.07) is 0. The van der Waals surface area contributed by atoms with Gasteiger partial charge in [0.25, 0.3) is 0 Å². The first-order valence-corrected chi connectivity index (χ1v) is 15.5. The molecule has 2 aliphatic carbocycles. The first-order valence-electron chi connectivity index (χ1n) is 15.5. The van der Waals surface area contributed by atoms with Crippen molar-refractivity contribution in [3.63, 3.8) is 0 Å². The molecule has 2 saturated carbocycles. The summed E-state index contributed by atoms with van der Waals surface area (Å²) in [6.45, 7) is -0.658. The molecule has 2 heterocycles. The van der Waals surface area contributed by atoms with E-state index in [4.69, 9.17) is 28.4 Å². The van der Waals surface area contributed by atoms with Crippen molar-refractivity contribution in [1.29, 1.82) is 0 Å². The van der Waals surface area contributed by atoms with Gasteiger partial charge in [0.05, 0.1) is 43.7 Å². The zero-order valence-corrected chi connectivity index (χ0v) is 25.6. The molecule has 12 N–H and O–H groups in total. The van der Waals surface area contributed by atoms with E-state index in [2.05, 4.69) is 0 Å². The highest BCUT2D eigenvalue weighted by atomic mass is 16.7. The second-order valence-corrected chi connectivity index (χ2v) is 12.7. The van der Waals surface area contributed by atoms with Crippen molar-refractivity contribution >= 4 is 0 Å². The number of aliphatic hydroxyl groups excluding tert-OH is 12. The van der Waals surface area contributed by atoms with E-state index in [1.807, 2.05) is 0 Å². The average molecular weight is 675 g/mol. The highest BCUT2D eigenvalue weighted by Crippen LogP contribution is 2.37. The maximum absolute atomic E-state index is 11.3. The summed E-state index contributed by atoms with van der Waals surface area (Å²) in [4.78, 5) is 0. The molecule has 4 aliphatic rings. The molecule has 0 amide bonds. The summed E-state index contributed by atoms with van der Waals surface area (Å²) in [5.74, 6) is -1.64. The van der Waals surface area contributed by atoms with Crippen LogP contribution in [0, 0.1) is 11.8 Å². The fourth-order valence-electron chi connectivity index (χ4n) is 6.81. The predicted octanol–water partition coefficient (Wildman–Crippen LogP) is -6.70. The molecule has 46 heavy (non-hydrogen) atoms. The van der Waals surface area contributed by atoms with E-state index in [0.717, 1.165) is 0 Å². The fraction of sp³-hybridized carbons (Fsp3) is 1.00. The lowest BCUT2D eigenvalue weighted by molar-refractivity contribution is -0.318. The van der Waals surface area contributed by atoms with Gasteiger partial charge in [-0.25, -0.2) is 0 Å². The Balaban J connectivity index is 1.46. The van der Waals surface area contributed by atoms with Crippen molar-refractivity contribution < 1.29 is 89.7 Å². The maximum atomic E-state index is 11.3. The van der Waals surface area contributed by atoms with Crippen LogP contribution in [0.4, 0.5) is 0 Å². The normalized spacial score (nSPS) is 52.0. The van der Waals surface area contributed by atoms with E-state index in [9.17, 15) is 61.3 Å². The van der Waals surface area contributed by atoms with Crippen LogP contribution in [0.2, 0.25) is 0 Å². The molecule has 18 nitrogen and oxygen atoms in total. The van der Waals surface area contributed by atoms with Gasteiger partial charge < -0.3 is 89.7 Å². The second-order valence-electron chi connectivity index (χ2n) is 12.7. The van der Waals surface area contributed by atoms with Crippen molar-refractivity contribution in [2.75, 3.05) is 33.5 Å². The highest BCUT2D eigenvalue weighted by molar-refractivity contribution is 5.01. The van der Waals surface area contributed by atoms with Gasteiger partial charge in [-0.3, -0.25) is 0 Å². The minimum atomic E-state index is -1.71. The Bertz CT molecular complexity index is 931. The Kier molecular flexibility index (Phi) is 13.5. The van der Waals surface area contributed by atoms with Crippen LogP contribution in [-0.4, -0.2) is 205 Å². The van der Waals surface area contributed by atoms with E-state index >= 15 is 0 Å². The molecule has 0 aromatic rings. The molecular weight excluding hydrogens is 624 g/mol. The lowest BCUT2D eigenvalue weighted by Crippen LogP contribution is -2.64. The third-order valence-electron chi connectivity index (χ3n) is 9.75. The van der Waals surface area contributed by atoms with Gasteiger partial charge in [-0.1, -0.05) is 0 Å². The Morgan fingerprint density at radius 2 is 1.07 bits per heavy atom. The SMILES string of the molecule is COC1C(O)[C@H](OC2C(O)[C@H](OC3C(O)C(C)OC(CO[C@@H]4OC(CO)[C@@H](O)C(O)C4O)[C@H]3O)CC(CO)[C@H]2O)CC(CO)[C@H]1O. The van der Waals surface area contributed by atoms with E-state index in [0.29, 0.717) is 0 Å². The number of hydrogen-bond donors (Lipinski definition) is 12. The van der Waals surface area contributed by atoms with E-state index < -0.39 is 148 Å². The number of hydrogen-bond acceptors (Lipinski definition) is 18. The molecule has 4 fully saturated rings. The van der Waals surface area contributed by atoms with Crippen LogP contribution in [0.1, 0.15) is 19.8 Å². The van der Waals surface area contributed by atoms with E-state index in [1.54, 1.807) is 0 Å². The topological polar surface area (TPSA) is 298 Å². The van der Waals surface area contributed by atoms with Gasteiger partial charge in [-0.05, 0) is 19.8 Å². The molecule has 0 aromatic carbocycles. The first kappa shape index (κ1) is 38.1. The summed E-state index contributed by atoms with van der Waals surface area (Å²) in [6.07, 6.45) is -25.1. The van der Waals surface area contributed by atoms with E-state index in [-0.39, 0.29) is 12.8 Å². The molecule has 0 radical (unpaired) electrons. The first-order chi connectivity index (χ1) is 21.8. The third kappa shape index (κ3) is 7.69. The van der Waals surface area contributed by atoms with Crippen LogP contribution in [-0.2, 0) is 28.4 Å². The van der Waals surface area contributed by atoms with Gasteiger partial charge >= 0.3 is 0 Å². The molecular formula is C28H50O18. The van der Waals surface area contributed by atoms with Crippen molar-refractivity contribution in [2.45, 2.75) is 130 Å². The van der Waals surface area contributed by atoms with Crippen LogP contribution < -0.4 is 0 Å². The van der Waals surface area contributed by atoms with Crippen molar-refractivity contribution in [3.8, 4) is 0 Å². The highest BCUT2D eigenvalue weighted by Gasteiger charge is 2.53. The zero-order chi connectivity index (χ0) is 34.0. The average Bonchev–Trinajstić information content (AvgIpc) is 3.04. The summed E-state index contributed by atoms with van der Waals surface area (Å²) in [7, 11) is 1.26. The molecule has 4 rings (SSSR count). The molecule has 2 saturated heterocycles. The van der Waals surface area contributed by atoms with Gasteiger partial charge in [0.15, 0.2) is 6.29 Å². The monoisotopic (exact) mass is 674 g/mol.